The zero-order valence-corrected chi connectivity index (χ0v) is 18.2. The van der Waals surface area contributed by atoms with Crippen LogP contribution in [0.15, 0.2) is 65.6 Å². The van der Waals surface area contributed by atoms with Crippen molar-refractivity contribution in [2.45, 2.75) is 24.2 Å². The van der Waals surface area contributed by atoms with E-state index in [-0.39, 0.29) is 36.4 Å². The first-order valence-electron chi connectivity index (χ1n) is 10.5. The van der Waals surface area contributed by atoms with Gasteiger partial charge in [-0.3, -0.25) is 4.79 Å². The van der Waals surface area contributed by atoms with Crippen LogP contribution in [-0.2, 0) is 21.2 Å². The molecule has 0 spiro atoms. The van der Waals surface area contributed by atoms with Gasteiger partial charge in [-0.1, -0.05) is 30.3 Å². The van der Waals surface area contributed by atoms with Crippen molar-refractivity contribution >= 4 is 26.7 Å². The molecule has 1 aliphatic rings. The summed E-state index contributed by atoms with van der Waals surface area (Å²) in [5.41, 5.74) is 0.471. The third-order valence-electron chi connectivity index (χ3n) is 5.82. The predicted molar refractivity (Wildman–Crippen MR) is 119 cm³/mol. The topological polar surface area (TPSA) is 66.5 Å². The van der Waals surface area contributed by atoms with Crippen molar-refractivity contribution < 1.29 is 22.0 Å². The van der Waals surface area contributed by atoms with Gasteiger partial charge in [-0.15, -0.1) is 0 Å². The van der Waals surface area contributed by atoms with Crippen molar-refractivity contribution in [3.63, 3.8) is 0 Å². The highest BCUT2D eigenvalue weighted by Crippen LogP contribution is 2.26. The first-order chi connectivity index (χ1) is 15.3. The number of halogens is 2. The van der Waals surface area contributed by atoms with E-state index in [1.54, 1.807) is 18.2 Å². The standard InChI is InChI=1S/C24H24F2N2O3S/c25-21-13-17(14-22(26)16-21)7-10-27-24(29)19-8-11-28(12-9-19)32(30,31)23-6-5-18-3-1-2-4-20(18)15-23/h1-6,13-16,19H,7-12H2,(H,27,29). The molecule has 3 aromatic carbocycles. The zero-order valence-electron chi connectivity index (χ0n) is 17.4. The SMILES string of the molecule is O=C(NCCc1cc(F)cc(F)c1)C1CCN(S(=O)(=O)c2ccc3ccccc3c2)CC1. The Hall–Kier alpha value is -2.84. The van der Waals surface area contributed by atoms with E-state index in [1.807, 2.05) is 24.3 Å². The van der Waals surface area contributed by atoms with E-state index >= 15 is 0 Å². The fourth-order valence-corrected chi connectivity index (χ4v) is 5.57. The van der Waals surface area contributed by atoms with Crippen molar-refractivity contribution in [1.82, 2.24) is 9.62 Å². The molecule has 4 rings (SSSR count). The van der Waals surface area contributed by atoms with E-state index in [0.717, 1.165) is 16.8 Å². The summed E-state index contributed by atoms with van der Waals surface area (Å²) < 4.78 is 54.1. The monoisotopic (exact) mass is 458 g/mol. The summed E-state index contributed by atoms with van der Waals surface area (Å²) in [6, 6.07) is 16.0. The third kappa shape index (κ3) is 4.97. The lowest BCUT2D eigenvalue weighted by molar-refractivity contribution is -0.126. The van der Waals surface area contributed by atoms with E-state index in [9.17, 15) is 22.0 Å². The molecule has 1 saturated heterocycles. The highest BCUT2D eigenvalue weighted by Gasteiger charge is 2.32. The molecular formula is C24H24F2N2O3S. The van der Waals surface area contributed by atoms with E-state index < -0.39 is 21.7 Å². The Morgan fingerprint density at radius 1 is 0.938 bits per heavy atom. The smallest absolute Gasteiger partial charge is 0.243 e. The summed E-state index contributed by atoms with van der Waals surface area (Å²) in [5.74, 6) is -1.75. The van der Waals surface area contributed by atoms with E-state index in [2.05, 4.69) is 5.32 Å². The van der Waals surface area contributed by atoms with Gasteiger partial charge in [0.15, 0.2) is 0 Å². The summed E-state index contributed by atoms with van der Waals surface area (Å²) in [4.78, 5) is 12.7. The Labute approximate surface area is 186 Å². The Morgan fingerprint density at radius 3 is 2.28 bits per heavy atom. The maximum atomic E-state index is 13.3. The minimum Gasteiger partial charge on any atom is -0.356 e. The molecule has 0 aliphatic carbocycles. The quantitative estimate of drug-likeness (QED) is 0.610. The molecule has 5 nitrogen and oxygen atoms in total. The van der Waals surface area contributed by atoms with Gasteiger partial charge in [0, 0.05) is 31.6 Å². The molecule has 32 heavy (non-hydrogen) atoms. The molecule has 0 saturated carbocycles. The van der Waals surface area contributed by atoms with Crippen LogP contribution in [0.3, 0.4) is 0 Å². The number of fused-ring (bicyclic) bond motifs is 1. The van der Waals surface area contributed by atoms with E-state index in [0.29, 0.717) is 24.8 Å². The van der Waals surface area contributed by atoms with Crippen molar-refractivity contribution in [3.05, 3.63) is 77.9 Å². The molecule has 0 unspecified atom stereocenters. The Balaban J connectivity index is 1.32. The molecule has 3 aromatic rings. The van der Waals surface area contributed by atoms with Crippen molar-refractivity contribution in [1.29, 1.82) is 0 Å². The number of nitrogens with zero attached hydrogens (tertiary/aromatic N) is 1. The second-order valence-electron chi connectivity index (χ2n) is 8.01. The Morgan fingerprint density at radius 2 is 1.59 bits per heavy atom. The fourth-order valence-electron chi connectivity index (χ4n) is 4.06. The maximum Gasteiger partial charge on any atom is 0.243 e. The number of nitrogens with one attached hydrogen (secondary N) is 1. The van der Waals surface area contributed by atoms with Gasteiger partial charge in [-0.05, 0) is 59.9 Å². The first kappa shape index (κ1) is 22.4. The van der Waals surface area contributed by atoms with Crippen LogP contribution in [0, 0.1) is 17.6 Å². The second-order valence-corrected chi connectivity index (χ2v) is 9.94. The molecular weight excluding hydrogens is 434 g/mol. The normalized spacial score (nSPS) is 15.7. The van der Waals surface area contributed by atoms with Crippen LogP contribution in [0.1, 0.15) is 18.4 Å². The first-order valence-corrected chi connectivity index (χ1v) is 12.0. The van der Waals surface area contributed by atoms with E-state index in [4.69, 9.17) is 0 Å². The fraction of sp³-hybridized carbons (Fsp3) is 0.292. The molecule has 1 N–H and O–H groups in total. The molecule has 1 fully saturated rings. The Kier molecular flexibility index (Phi) is 6.53. The highest BCUT2D eigenvalue weighted by atomic mass is 32.2. The van der Waals surface area contributed by atoms with Gasteiger partial charge in [0.05, 0.1) is 4.90 Å². The summed E-state index contributed by atoms with van der Waals surface area (Å²) in [6.45, 7) is 0.794. The molecule has 1 aliphatic heterocycles. The zero-order chi connectivity index (χ0) is 22.7. The van der Waals surface area contributed by atoms with Gasteiger partial charge in [0.1, 0.15) is 11.6 Å². The minimum absolute atomic E-state index is 0.162. The highest BCUT2D eigenvalue weighted by molar-refractivity contribution is 7.89. The lowest BCUT2D eigenvalue weighted by atomic mass is 9.97. The number of carbonyl (C=O) groups is 1. The summed E-state index contributed by atoms with van der Waals surface area (Å²) in [5, 5.41) is 4.63. The van der Waals surface area contributed by atoms with E-state index in [1.165, 1.54) is 16.4 Å². The van der Waals surface area contributed by atoms with Crippen molar-refractivity contribution in [2.75, 3.05) is 19.6 Å². The van der Waals surface area contributed by atoms with Gasteiger partial charge >= 0.3 is 0 Å². The number of piperidine rings is 1. The lowest BCUT2D eigenvalue weighted by Crippen LogP contribution is -2.43. The average Bonchev–Trinajstić information content (AvgIpc) is 2.78. The van der Waals surface area contributed by atoms with Gasteiger partial charge in [0.2, 0.25) is 15.9 Å². The molecule has 0 atom stereocenters. The Bertz CT molecular complexity index is 1220. The van der Waals surface area contributed by atoms with Crippen molar-refractivity contribution in [3.8, 4) is 0 Å². The van der Waals surface area contributed by atoms with Crippen LogP contribution in [-0.4, -0.2) is 38.3 Å². The number of amides is 1. The molecule has 8 heteroatoms. The van der Waals surface area contributed by atoms with Crippen LogP contribution < -0.4 is 5.32 Å². The largest absolute Gasteiger partial charge is 0.356 e. The van der Waals surface area contributed by atoms with Crippen molar-refractivity contribution in [2.24, 2.45) is 5.92 Å². The molecule has 0 aromatic heterocycles. The minimum atomic E-state index is -3.63. The van der Waals surface area contributed by atoms with Crippen LogP contribution in [0.25, 0.3) is 10.8 Å². The van der Waals surface area contributed by atoms with Crippen LogP contribution in [0.2, 0.25) is 0 Å². The van der Waals surface area contributed by atoms with Crippen LogP contribution in [0.4, 0.5) is 8.78 Å². The molecule has 0 radical (unpaired) electrons. The van der Waals surface area contributed by atoms with Gasteiger partial charge < -0.3 is 5.32 Å². The lowest BCUT2D eigenvalue weighted by Gasteiger charge is -2.30. The number of hydrogen-bond acceptors (Lipinski definition) is 3. The summed E-state index contributed by atoms with van der Waals surface area (Å²) in [7, 11) is -3.63. The molecule has 168 valence electrons. The summed E-state index contributed by atoms with van der Waals surface area (Å²) >= 11 is 0. The third-order valence-corrected chi connectivity index (χ3v) is 7.71. The summed E-state index contributed by atoms with van der Waals surface area (Å²) in [6.07, 6.45) is 1.16. The number of rotatable bonds is 6. The predicted octanol–water partition coefficient (Wildman–Crippen LogP) is 3.88. The molecule has 1 heterocycles. The van der Waals surface area contributed by atoms with Crippen LogP contribution >= 0.6 is 0 Å². The number of benzene rings is 3. The molecule has 1 amide bonds. The van der Waals surface area contributed by atoms with Gasteiger partial charge in [-0.2, -0.15) is 4.31 Å². The van der Waals surface area contributed by atoms with Gasteiger partial charge in [0.25, 0.3) is 0 Å². The second kappa shape index (κ2) is 9.34. The number of carbonyl (C=O) groups excluding carboxylic acids is 1. The number of sulfonamides is 1. The maximum absolute atomic E-state index is 13.3. The molecule has 0 bridgehead atoms. The number of hydrogen-bond donors (Lipinski definition) is 1. The average molecular weight is 459 g/mol. The van der Waals surface area contributed by atoms with Gasteiger partial charge in [-0.25, -0.2) is 17.2 Å². The van der Waals surface area contributed by atoms with Crippen LogP contribution in [0.5, 0.6) is 0 Å².